The van der Waals surface area contributed by atoms with Crippen LogP contribution in [0.4, 0.5) is 0 Å². The van der Waals surface area contributed by atoms with Crippen LogP contribution in [0.1, 0.15) is 30.2 Å². The minimum absolute atomic E-state index is 0.0615. The molecular formula is C14H17N3O2S2. The second-order valence-corrected chi connectivity index (χ2v) is 7.64. The molecule has 112 valence electrons. The van der Waals surface area contributed by atoms with E-state index in [9.17, 15) is 9.59 Å². The van der Waals surface area contributed by atoms with Crippen molar-refractivity contribution < 1.29 is 4.79 Å². The number of carbonyl (C=O) groups is 1. The molecule has 1 unspecified atom stereocenters. The van der Waals surface area contributed by atoms with E-state index >= 15 is 0 Å². The summed E-state index contributed by atoms with van der Waals surface area (Å²) in [5.74, 6) is 0.867. The van der Waals surface area contributed by atoms with Crippen LogP contribution in [0.5, 0.6) is 0 Å². The summed E-state index contributed by atoms with van der Waals surface area (Å²) in [6, 6.07) is 0. The lowest BCUT2D eigenvalue weighted by Gasteiger charge is -2.17. The first-order valence-corrected chi connectivity index (χ1v) is 8.80. The van der Waals surface area contributed by atoms with Gasteiger partial charge >= 0.3 is 0 Å². The van der Waals surface area contributed by atoms with E-state index in [0.717, 1.165) is 29.5 Å². The van der Waals surface area contributed by atoms with Crippen LogP contribution in [0.2, 0.25) is 0 Å². The largest absolute Gasteiger partial charge is 0.370 e. The number of amides is 1. The van der Waals surface area contributed by atoms with E-state index in [0.29, 0.717) is 16.8 Å². The van der Waals surface area contributed by atoms with Gasteiger partial charge in [0.25, 0.3) is 5.56 Å². The molecule has 1 aliphatic carbocycles. The van der Waals surface area contributed by atoms with E-state index in [1.807, 2.05) is 0 Å². The van der Waals surface area contributed by atoms with E-state index in [1.54, 1.807) is 11.3 Å². The number of aromatic nitrogens is 2. The Kier molecular flexibility index (Phi) is 4.03. The van der Waals surface area contributed by atoms with E-state index in [1.165, 1.54) is 22.2 Å². The molecule has 0 fully saturated rings. The third kappa shape index (κ3) is 2.98. The molecule has 1 atom stereocenters. The fourth-order valence-electron chi connectivity index (χ4n) is 2.65. The summed E-state index contributed by atoms with van der Waals surface area (Å²) >= 11 is 3.00. The highest BCUT2D eigenvalue weighted by Gasteiger charge is 2.22. The zero-order valence-electron chi connectivity index (χ0n) is 11.8. The lowest BCUT2D eigenvalue weighted by Crippen LogP contribution is -2.14. The van der Waals surface area contributed by atoms with Crippen LogP contribution >= 0.6 is 23.1 Å². The maximum absolute atomic E-state index is 12.3. The van der Waals surface area contributed by atoms with E-state index in [2.05, 4.69) is 16.9 Å². The molecule has 0 spiro atoms. The van der Waals surface area contributed by atoms with Gasteiger partial charge in [-0.25, -0.2) is 4.98 Å². The Morgan fingerprint density at radius 2 is 2.38 bits per heavy atom. The molecule has 2 heterocycles. The van der Waals surface area contributed by atoms with Crippen LogP contribution in [-0.2, 0) is 17.6 Å². The van der Waals surface area contributed by atoms with Crippen LogP contribution in [0, 0.1) is 5.92 Å². The number of nitrogens with one attached hydrogen (secondary N) is 1. The summed E-state index contributed by atoms with van der Waals surface area (Å²) in [5, 5.41) is 1.33. The van der Waals surface area contributed by atoms with Gasteiger partial charge in [-0.2, -0.15) is 0 Å². The van der Waals surface area contributed by atoms with Gasteiger partial charge in [-0.05, 0) is 30.7 Å². The number of aryl methyl sites for hydroxylation is 1. The third-order valence-corrected chi connectivity index (χ3v) is 5.75. The second kappa shape index (κ2) is 5.81. The van der Waals surface area contributed by atoms with Crippen molar-refractivity contribution in [2.45, 2.75) is 37.8 Å². The number of thioether (sulfide) groups is 1. The lowest BCUT2D eigenvalue weighted by atomic mass is 9.89. The average Bonchev–Trinajstić information content (AvgIpc) is 2.75. The van der Waals surface area contributed by atoms with Crippen molar-refractivity contribution >= 4 is 39.2 Å². The van der Waals surface area contributed by atoms with Crippen molar-refractivity contribution in [3.63, 3.8) is 0 Å². The Morgan fingerprint density at radius 1 is 1.57 bits per heavy atom. The normalized spacial score (nSPS) is 17.9. The number of thiophene rings is 1. The molecule has 0 saturated heterocycles. The fourth-order valence-corrected chi connectivity index (χ4v) is 4.90. The Balaban J connectivity index is 1.93. The zero-order valence-corrected chi connectivity index (χ0v) is 13.4. The number of primary amides is 1. The molecule has 0 bridgehead atoms. The number of fused-ring (bicyclic) bond motifs is 3. The number of aromatic amines is 1. The fraction of sp³-hybridized carbons (Fsp3) is 0.500. The minimum atomic E-state index is -0.341. The van der Waals surface area contributed by atoms with Crippen molar-refractivity contribution in [3.8, 4) is 0 Å². The summed E-state index contributed by atoms with van der Waals surface area (Å²) in [4.78, 5) is 32.6. The maximum atomic E-state index is 12.3. The smallest absolute Gasteiger partial charge is 0.260 e. The van der Waals surface area contributed by atoms with Crippen molar-refractivity contribution in [2.75, 3.05) is 5.75 Å². The van der Waals surface area contributed by atoms with Crippen molar-refractivity contribution in [3.05, 3.63) is 20.8 Å². The molecule has 0 aliphatic heterocycles. The van der Waals surface area contributed by atoms with Gasteiger partial charge in [-0.1, -0.05) is 18.7 Å². The SMILES string of the molecule is CC1CCc2c(sc3nc(SCCC(N)=O)[nH]c(=O)c23)C1. The summed E-state index contributed by atoms with van der Waals surface area (Å²) in [7, 11) is 0. The average molecular weight is 323 g/mol. The Hall–Kier alpha value is -1.34. The molecule has 0 radical (unpaired) electrons. The predicted octanol–water partition coefficient (Wildman–Crippen LogP) is 2.08. The molecular weight excluding hydrogens is 306 g/mol. The summed E-state index contributed by atoms with van der Waals surface area (Å²) in [5.41, 5.74) is 6.24. The molecule has 2 aromatic rings. The van der Waals surface area contributed by atoms with Gasteiger partial charge < -0.3 is 10.7 Å². The first kappa shape index (κ1) is 14.6. The molecule has 3 N–H and O–H groups in total. The Morgan fingerprint density at radius 3 is 3.14 bits per heavy atom. The Labute approximate surface area is 130 Å². The summed E-state index contributed by atoms with van der Waals surface area (Å²) in [6.45, 7) is 2.25. The van der Waals surface area contributed by atoms with Crippen LogP contribution in [0.25, 0.3) is 10.2 Å². The number of carbonyl (C=O) groups excluding carboxylic acids is 1. The predicted molar refractivity (Wildman–Crippen MR) is 86.0 cm³/mol. The van der Waals surface area contributed by atoms with Crippen LogP contribution in [0.3, 0.4) is 0 Å². The molecule has 21 heavy (non-hydrogen) atoms. The first-order valence-electron chi connectivity index (χ1n) is 7.00. The number of hydrogen-bond donors (Lipinski definition) is 2. The van der Waals surface area contributed by atoms with Gasteiger partial charge in [0, 0.05) is 17.1 Å². The van der Waals surface area contributed by atoms with Crippen molar-refractivity contribution in [1.82, 2.24) is 9.97 Å². The molecule has 5 nitrogen and oxygen atoms in total. The molecule has 1 aliphatic rings. The number of rotatable bonds is 4. The Bertz CT molecular complexity index is 750. The van der Waals surface area contributed by atoms with E-state index < -0.39 is 0 Å². The quantitative estimate of drug-likeness (QED) is 0.666. The van der Waals surface area contributed by atoms with Crippen LogP contribution in [-0.4, -0.2) is 21.6 Å². The van der Waals surface area contributed by atoms with E-state index in [4.69, 9.17) is 5.73 Å². The molecule has 0 aromatic carbocycles. The number of hydrogen-bond acceptors (Lipinski definition) is 5. The third-order valence-electron chi connectivity index (χ3n) is 3.73. The van der Waals surface area contributed by atoms with Gasteiger partial charge in [-0.3, -0.25) is 9.59 Å². The minimum Gasteiger partial charge on any atom is -0.370 e. The number of H-pyrrole nitrogens is 1. The summed E-state index contributed by atoms with van der Waals surface area (Å²) in [6.07, 6.45) is 3.42. The van der Waals surface area contributed by atoms with Gasteiger partial charge in [0.1, 0.15) is 4.83 Å². The standard InChI is InChI=1S/C14H17N3O2S2/c1-7-2-3-8-9(6-7)21-13-11(8)12(19)16-14(17-13)20-5-4-10(15)18/h7H,2-6H2,1H3,(H2,15,18)(H,16,17,19). The lowest BCUT2D eigenvalue weighted by molar-refractivity contribution is -0.117. The maximum Gasteiger partial charge on any atom is 0.260 e. The molecule has 0 saturated carbocycles. The molecule has 2 aromatic heterocycles. The van der Waals surface area contributed by atoms with Crippen molar-refractivity contribution in [2.24, 2.45) is 11.7 Å². The monoisotopic (exact) mass is 323 g/mol. The van der Waals surface area contributed by atoms with Crippen molar-refractivity contribution in [1.29, 1.82) is 0 Å². The highest BCUT2D eigenvalue weighted by Crippen LogP contribution is 2.36. The molecule has 7 heteroatoms. The second-order valence-electron chi connectivity index (χ2n) is 5.47. The molecule has 3 rings (SSSR count). The van der Waals surface area contributed by atoms with Gasteiger partial charge in [-0.15, -0.1) is 11.3 Å². The van der Waals surface area contributed by atoms with Crippen LogP contribution < -0.4 is 11.3 Å². The number of nitrogens with zero attached hydrogens (tertiary/aromatic N) is 1. The van der Waals surface area contributed by atoms with Gasteiger partial charge in [0.2, 0.25) is 5.91 Å². The first-order chi connectivity index (χ1) is 10.0. The zero-order chi connectivity index (χ0) is 15.0. The van der Waals surface area contributed by atoms with Gasteiger partial charge in [0.05, 0.1) is 5.39 Å². The van der Waals surface area contributed by atoms with Crippen LogP contribution in [0.15, 0.2) is 9.95 Å². The highest BCUT2D eigenvalue weighted by atomic mass is 32.2. The van der Waals surface area contributed by atoms with E-state index in [-0.39, 0.29) is 17.9 Å². The highest BCUT2D eigenvalue weighted by molar-refractivity contribution is 7.99. The number of nitrogens with two attached hydrogens (primary N) is 1. The molecule has 1 amide bonds. The summed E-state index contributed by atoms with van der Waals surface area (Å²) < 4.78 is 0. The van der Waals surface area contributed by atoms with Gasteiger partial charge in [0.15, 0.2) is 5.16 Å². The topological polar surface area (TPSA) is 88.8 Å².